The van der Waals surface area contributed by atoms with Gasteiger partial charge in [0.2, 0.25) is 17.7 Å². The van der Waals surface area contributed by atoms with E-state index in [4.69, 9.17) is 9.47 Å². The molecule has 0 unspecified atom stereocenters. The Kier molecular flexibility index (Phi) is 5.69. The average Bonchev–Trinajstić information content (AvgIpc) is 2.74. The summed E-state index contributed by atoms with van der Waals surface area (Å²) < 4.78 is 49.2. The van der Waals surface area contributed by atoms with Crippen LogP contribution in [-0.4, -0.2) is 63.8 Å². The number of anilines is 3. The van der Waals surface area contributed by atoms with Gasteiger partial charge in [-0.05, 0) is 26.2 Å². The smallest absolute Gasteiger partial charge is 0.451 e. The number of fused-ring (bicyclic) bond motifs is 1. The Morgan fingerprint density at radius 3 is 2.46 bits per heavy atom. The molecule has 1 amide bonds. The van der Waals surface area contributed by atoms with Gasteiger partial charge in [-0.25, -0.2) is 15.0 Å². The number of nitrogens with one attached hydrogen (secondary N) is 2. The van der Waals surface area contributed by atoms with Gasteiger partial charge in [-0.3, -0.25) is 4.79 Å². The Morgan fingerprint density at radius 1 is 1.20 bits per heavy atom. The maximum Gasteiger partial charge on any atom is 0.451 e. The van der Waals surface area contributed by atoms with Crippen LogP contribution in [-0.2, 0) is 15.7 Å². The number of rotatable bonds is 6. The minimum absolute atomic E-state index is 0.0315. The molecule has 1 aliphatic heterocycles. The van der Waals surface area contributed by atoms with Crippen molar-refractivity contribution in [3.05, 3.63) is 23.9 Å². The zero-order valence-electron chi connectivity index (χ0n) is 19.5. The van der Waals surface area contributed by atoms with E-state index in [1.807, 2.05) is 18.9 Å². The fourth-order valence-electron chi connectivity index (χ4n) is 4.90. The van der Waals surface area contributed by atoms with Gasteiger partial charge in [-0.2, -0.15) is 18.2 Å². The molecule has 0 saturated heterocycles. The van der Waals surface area contributed by atoms with Crippen LogP contribution in [0.1, 0.15) is 43.6 Å². The Bertz CT molecular complexity index is 1110. The predicted molar refractivity (Wildman–Crippen MR) is 119 cm³/mol. The molecule has 2 aromatic heterocycles. The first-order valence-electron chi connectivity index (χ1n) is 11.4. The Hall–Kier alpha value is -3.22. The maximum atomic E-state index is 12.9. The van der Waals surface area contributed by atoms with E-state index in [-0.39, 0.29) is 23.8 Å². The first kappa shape index (κ1) is 23.5. The van der Waals surface area contributed by atoms with Crippen molar-refractivity contribution in [1.82, 2.24) is 19.9 Å². The number of amides is 1. The van der Waals surface area contributed by atoms with Gasteiger partial charge in [-0.1, -0.05) is 0 Å². The van der Waals surface area contributed by atoms with Crippen LogP contribution in [0.15, 0.2) is 12.4 Å². The van der Waals surface area contributed by atoms with E-state index in [2.05, 4.69) is 30.6 Å². The molecule has 2 saturated carbocycles. The van der Waals surface area contributed by atoms with Crippen LogP contribution in [0.2, 0.25) is 0 Å². The molecule has 188 valence electrons. The molecule has 1 atom stereocenters. The summed E-state index contributed by atoms with van der Waals surface area (Å²) in [6.45, 7) is 1.81. The summed E-state index contributed by atoms with van der Waals surface area (Å²) in [4.78, 5) is 30.6. The second-order valence-corrected chi connectivity index (χ2v) is 9.25. The van der Waals surface area contributed by atoms with Crippen molar-refractivity contribution in [2.45, 2.75) is 69.0 Å². The van der Waals surface area contributed by atoms with Crippen LogP contribution >= 0.6 is 0 Å². The molecule has 10 nitrogen and oxygen atoms in total. The van der Waals surface area contributed by atoms with Crippen molar-refractivity contribution < 1.29 is 27.4 Å². The van der Waals surface area contributed by atoms with Gasteiger partial charge < -0.3 is 25.0 Å². The molecule has 0 radical (unpaired) electrons. The standard InChI is InChI=1S/C22H26F3N7O3/c1-11-15-17(32(2)16(18(33)30-15)21(34-3)5-4-6-21)31-20(28-11)29-12-7-13(8-12)35-14-9-26-19(27-10-14)22(23,24)25/h9-10,12-13,16H,4-8H2,1-3H3,(H,30,33)(H,28,29,31)/t12?,13?,16-/m1/s1. The molecule has 2 N–H and O–H groups in total. The summed E-state index contributed by atoms with van der Waals surface area (Å²) in [7, 11) is 3.48. The van der Waals surface area contributed by atoms with Gasteiger partial charge >= 0.3 is 6.18 Å². The normalized spacial score (nSPS) is 25.1. The molecular weight excluding hydrogens is 467 g/mol. The molecule has 0 bridgehead atoms. The minimum atomic E-state index is -4.59. The third-order valence-corrected chi connectivity index (χ3v) is 7.01. The third kappa shape index (κ3) is 4.21. The van der Waals surface area contributed by atoms with Crippen LogP contribution in [0.4, 0.5) is 30.6 Å². The molecule has 2 fully saturated rings. The lowest BCUT2D eigenvalue weighted by atomic mass is 9.73. The largest absolute Gasteiger partial charge is 0.487 e. The molecule has 35 heavy (non-hydrogen) atoms. The SMILES string of the molecule is COC1([C@H]2C(=O)Nc3c(C)nc(NC4CC(Oc5cnc(C(F)(F)F)nc5)C4)nc3N2C)CCC1. The number of carbonyl (C=O) groups excluding carboxylic acids is 1. The first-order valence-corrected chi connectivity index (χ1v) is 11.4. The molecule has 13 heteroatoms. The molecule has 0 aromatic carbocycles. The van der Waals surface area contributed by atoms with E-state index >= 15 is 0 Å². The number of likely N-dealkylation sites (N-methyl/N-ethyl adjacent to an activating group) is 1. The van der Waals surface area contributed by atoms with Crippen LogP contribution < -0.4 is 20.3 Å². The van der Waals surface area contributed by atoms with E-state index in [0.717, 1.165) is 31.7 Å². The monoisotopic (exact) mass is 493 g/mol. The number of aromatic nitrogens is 4. The van der Waals surface area contributed by atoms with Gasteiger partial charge in [0.15, 0.2) is 11.6 Å². The number of halogens is 3. The number of carbonyl (C=O) groups is 1. The molecule has 2 aliphatic carbocycles. The highest BCUT2D eigenvalue weighted by Gasteiger charge is 2.52. The lowest BCUT2D eigenvalue weighted by molar-refractivity contribution is -0.145. The quantitative estimate of drug-likeness (QED) is 0.627. The van der Waals surface area contributed by atoms with Crippen molar-refractivity contribution in [2.24, 2.45) is 0 Å². The van der Waals surface area contributed by atoms with Crippen LogP contribution in [0.3, 0.4) is 0 Å². The van der Waals surface area contributed by atoms with Crippen LogP contribution in [0.25, 0.3) is 0 Å². The lowest BCUT2D eigenvalue weighted by Crippen LogP contribution is -2.64. The molecular formula is C22H26F3N7O3. The van der Waals surface area contributed by atoms with E-state index in [0.29, 0.717) is 36.0 Å². The van der Waals surface area contributed by atoms with Crippen molar-refractivity contribution in [3.63, 3.8) is 0 Å². The average molecular weight is 493 g/mol. The van der Waals surface area contributed by atoms with E-state index < -0.39 is 23.6 Å². The molecule has 3 heterocycles. The topological polar surface area (TPSA) is 114 Å². The second kappa shape index (κ2) is 8.47. The molecule has 3 aliphatic rings. The summed E-state index contributed by atoms with van der Waals surface area (Å²) in [5, 5.41) is 6.25. The van der Waals surface area contributed by atoms with Crippen LogP contribution in [0.5, 0.6) is 5.75 Å². The Labute approximate surface area is 199 Å². The van der Waals surface area contributed by atoms with Crippen LogP contribution in [0, 0.1) is 6.92 Å². The van der Waals surface area contributed by atoms with Crippen molar-refractivity contribution in [1.29, 1.82) is 0 Å². The zero-order chi connectivity index (χ0) is 25.0. The third-order valence-electron chi connectivity index (χ3n) is 7.01. The zero-order valence-corrected chi connectivity index (χ0v) is 19.5. The Balaban J connectivity index is 1.23. The number of hydrogen-bond acceptors (Lipinski definition) is 9. The van der Waals surface area contributed by atoms with E-state index in [1.54, 1.807) is 7.11 Å². The minimum Gasteiger partial charge on any atom is -0.487 e. The summed E-state index contributed by atoms with van der Waals surface area (Å²) in [6, 6.07) is -0.451. The van der Waals surface area contributed by atoms with Gasteiger partial charge in [0, 0.05) is 33.0 Å². The van der Waals surface area contributed by atoms with Crippen molar-refractivity contribution >= 4 is 23.4 Å². The van der Waals surface area contributed by atoms with E-state index in [9.17, 15) is 18.0 Å². The van der Waals surface area contributed by atoms with Gasteiger partial charge in [-0.15, -0.1) is 0 Å². The highest BCUT2D eigenvalue weighted by molar-refractivity contribution is 6.04. The fraction of sp³-hybridized carbons (Fsp3) is 0.591. The summed E-state index contributed by atoms with van der Waals surface area (Å²) in [5.41, 5.74) is 0.705. The number of methoxy groups -OCH3 is 1. The summed E-state index contributed by atoms with van der Waals surface area (Å²) in [6.07, 6.45) is 1.15. The second-order valence-electron chi connectivity index (χ2n) is 9.25. The number of alkyl halides is 3. The molecule has 2 aromatic rings. The summed E-state index contributed by atoms with van der Waals surface area (Å²) >= 11 is 0. The lowest BCUT2D eigenvalue weighted by Gasteiger charge is -2.50. The maximum absolute atomic E-state index is 12.9. The van der Waals surface area contributed by atoms with Gasteiger partial charge in [0.05, 0.1) is 23.7 Å². The Morgan fingerprint density at radius 2 is 1.89 bits per heavy atom. The summed E-state index contributed by atoms with van der Waals surface area (Å²) in [5.74, 6) is -0.0737. The van der Waals surface area contributed by atoms with Gasteiger partial charge in [0.25, 0.3) is 0 Å². The predicted octanol–water partition coefficient (Wildman–Crippen LogP) is 2.94. The molecule has 5 rings (SSSR count). The van der Waals surface area contributed by atoms with Crippen molar-refractivity contribution in [3.8, 4) is 5.75 Å². The van der Waals surface area contributed by atoms with Crippen molar-refractivity contribution in [2.75, 3.05) is 29.7 Å². The molecule has 0 spiro atoms. The number of ether oxygens (including phenoxy) is 2. The fourth-order valence-corrected chi connectivity index (χ4v) is 4.90. The number of aryl methyl sites for hydroxylation is 1. The number of hydrogen-bond donors (Lipinski definition) is 2. The van der Waals surface area contributed by atoms with E-state index in [1.165, 1.54) is 0 Å². The highest BCUT2D eigenvalue weighted by atomic mass is 19.4. The highest BCUT2D eigenvalue weighted by Crippen LogP contribution is 2.44. The number of nitrogens with zero attached hydrogens (tertiary/aromatic N) is 5. The van der Waals surface area contributed by atoms with Gasteiger partial charge in [0.1, 0.15) is 17.8 Å². The first-order chi connectivity index (χ1) is 16.6.